The van der Waals surface area contributed by atoms with Crippen LogP contribution in [0.4, 0.5) is 0 Å². The van der Waals surface area contributed by atoms with Crippen LogP contribution >= 0.6 is 0 Å². The van der Waals surface area contributed by atoms with Gasteiger partial charge < -0.3 is 0 Å². The zero-order valence-electron chi connectivity index (χ0n) is 81.8. The summed E-state index contributed by atoms with van der Waals surface area (Å²) >= 11 is 0. The number of aryl methyl sites for hydroxylation is 18. The topological polar surface area (TPSA) is 0 Å². The van der Waals surface area contributed by atoms with E-state index in [1.54, 1.807) is 0 Å². The van der Waals surface area contributed by atoms with Gasteiger partial charge >= 0.3 is 0 Å². The Morgan fingerprint density at radius 2 is 0.353 bits per heavy atom. The van der Waals surface area contributed by atoms with E-state index in [0.717, 1.165) is 0 Å². The third kappa shape index (κ3) is 20.0. The Morgan fingerprint density at radius 3 is 0.662 bits per heavy atom. The molecule has 0 unspecified atom stereocenters. The van der Waals surface area contributed by atoms with E-state index in [1.165, 1.54) is 233 Å². The maximum absolute atomic E-state index is 2.41. The van der Waals surface area contributed by atoms with Crippen LogP contribution in [0.1, 0.15) is 170 Å². The first-order chi connectivity index (χ1) is 64.1. The summed E-state index contributed by atoms with van der Waals surface area (Å²) in [7, 11) is 0. The lowest BCUT2D eigenvalue weighted by Crippen LogP contribution is -2.28. The molecule has 0 saturated carbocycles. The number of hydrogen-bond acceptors (Lipinski definition) is 0. The minimum absolute atomic E-state index is 0.142. The molecule has 19 aromatic carbocycles. The van der Waals surface area contributed by atoms with Gasteiger partial charge in [-0.2, -0.15) is 0 Å². The first kappa shape index (κ1) is 93.4. The van der Waals surface area contributed by atoms with Gasteiger partial charge in [-0.05, 0) is 291 Å². The molecule has 1 spiro atoms. The van der Waals surface area contributed by atoms with Crippen molar-refractivity contribution in [1.82, 2.24) is 0 Å². The Balaban J connectivity index is 0.000000119. The Bertz CT molecular complexity index is 6740. The van der Waals surface area contributed by atoms with Crippen molar-refractivity contribution in [3.63, 3.8) is 0 Å². The zero-order valence-corrected chi connectivity index (χ0v) is 81.8. The van der Waals surface area contributed by atoms with Crippen LogP contribution in [0.5, 0.6) is 0 Å². The standard InChI is InChI=1S/C27H20.C27H22.C17H18.C14H14.2C12H12.3C8H10/c1-17-11-13-21-22-14-12-18(2)16-26(22)27(25(21)15-17)23-9-5-3-7-19(23)20-8-4-6-10-24(20)27;1-19-13-15-23-24-16-14-20(2)18-26(24)27(25(23)17-19,21-9-5-3-6-10-21)22-11-7-4-8-12-22;1-11-5-7-13-14-8-6-12(2)10-16(14)17(3,4)15(13)9-11;1-11-3-7-13(8-4-11)14-9-5-12(2)6-10-14;1-9-5-3-8-12-10(2)6-4-7-11(9)12;1-9-7-8-10(2)12-6-4-3-5-11(9)12;1-7-3-5-8(2)6-4-7;1-7-4-3-5-8(2)6-7;1-7-5-3-4-6-8(7)2/h3-16H,1-2H3;3-18H,1-2H3;5-10H,1-4H3;3-10H,1-2H3;2*3-8H,1-2H3;3*3-6H,1-2H3. The molecule has 0 nitrogen and oxygen atoms in total. The number of fused-ring (bicyclic) bond motifs is 18. The average molecular weight is 1730 g/mol. The minimum atomic E-state index is -0.273. The molecule has 133 heavy (non-hydrogen) atoms. The van der Waals surface area contributed by atoms with E-state index in [1.807, 2.05) is 0 Å². The van der Waals surface area contributed by atoms with Gasteiger partial charge in [0.1, 0.15) is 0 Å². The fraction of sp³-hybridized carbons (Fsp3) is 0.173. The molecule has 0 aromatic heterocycles. The normalized spacial score (nSPS) is 12.4. The lowest BCUT2D eigenvalue weighted by Gasteiger charge is -2.34. The third-order valence-electron chi connectivity index (χ3n) is 27.2. The van der Waals surface area contributed by atoms with Crippen molar-refractivity contribution in [1.29, 1.82) is 0 Å². The Kier molecular flexibility index (Phi) is 28.8. The highest BCUT2D eigenvalue weighted by Gasteiger charge is 2.52. The van der Waals surface area contributed by atoms with Crippen LogP contribution in [0.15, 0.2) is 413 Å². The maximum atomic E-state index is 2.41. The maximum Gasteiger partial charge on any atom is 0.0725 e. The molecule has 19 aromatic rings. The third-order valence-corrected chi connectivity index (χ3v) is 27.2. The van der Waals surface area contributed by atoms with Crippen molar-refractivity contribution >= 4 is 21.5 Å². The molecule has 0 heterocycles. The van der Waals surface area contributed by atoms with Crippen molar-refractivity contribution in [2.75, 3.05) is 0 Å². The van der Waals surface area contributed by atoms with Gasteiger partial charge in [0, 0.05) is 5.41 Å². The molecule has 0 N–H and O–H groups in total. The molecule has 0 saturated heterocycles. The predicted molar refractivity (Wildman–Crippen MR) is 575 cm³/mol. The monoisotopic (exact) mass is 1730 g/mol. The van der Waals surface area contributed by atoms with E-state index >= 15 is 0 Å². The van der Waals surface area contributed by atoms with Crippen molar-refractivity contribution in [2.24, 2.45) is 0 Å². The Hall–Kier alpha value is -14.3. The van der Waals surface area contributed by atoms with E-state index in [9.17, 15) is 0 Å². The van der Waals surface area contributed by atoms with Crippen molar-refractivity contribution in [2.45, 2.75) is 155 Å². The van der Waals surface area contributed by atoms with Gasteiger partial charge in [-0.3, -0.25) is 0 Å². The molecule has 0 bridgehead atoms. The average Bonchev–Trinajstić information content (AvgIpc) is 1.51. The first-order valence-corrected chi connectivity index (χ1v) is 47.2. The lowest BCUT2D eigenvalue weighted by molar-refractivity contribution is 0.659. The van der Waals surface area contributed by atoms with Crippen LogP contribution < -0.4 is 0 Å². The minimum Gasteiger partial charge on any atom is -0.0622 e. The molecule has 0 radical (unpaired) electrons. The molecule has 0 aliphatic heterocycles. The van der Waals surface area contributed by atoms with Crippen molar-refractivity contribution in [3.05, 3.63) is 568 Å². The van der Waals surface area contributed by atoms with E-state index in [2.05, 4.69) is 551 Å². The van der Waals surface area contributed by atoms with Crippen LogP contribution in [0.3, 0.4) is 0 Å². The largest absolute Gasteiger partial charge is 0.0725 e. The van der Waals surface area contributed by atoms with Gasteiger partial charge in [0.15, 0.2) is 0 Å². The highest BCUT2D eigenvalue weighted by atomic mass is 14.5. The molecule has 4 aliphatic carbocycles. The Morgan fingerprint density at radius 1 is 0.135 bits per heavy atom. The molecule has 0 heteroatoms. The van der Waals surface area contributed by atoms with E-state index in [-0.39, 0.29) is 16.2 Å². The summed E-state index contributed by atoms with van der Waals surface area (Å²) in [6, 6.07) is 150. The van der Waals surface area contributed by atoms with Gasteiger partial charge in [0.2, 0.25) is 0 Å². The second-order valence-corrected chi connectivity index (χ2v) is 37.9. The fourth-order valence-corrected chi connectivity index (χ4v) is 19.9. The van der Waals surface area contributed by atoms with Crippen LogP contribution in [-0.4, -0.2) is 0 Å². The van der Waals surface area contributed by atoms with Gasteiger partial charge in [0.25, 0.3) is 0 Å². The van der Waals surface area contributed by atoms with Gasteiger partial charge in [-0.15, -0.1) is 0 Å². The molecule has 0 atom stereocenters. The summed E-state index contributed by atoms with van der Waals surface area (Å²) in [4.78, 5) is 0. The van der Waals surface area contributed by atoms with Gasteiger partial charge in [-0.25, -0.2) is 0 Å². The van der Waals surface area contributed by atoms with E-state index in [0.29, 0.717) is 0 Å². The van der Waals surface area contributed by atoms with Crippen molar-refractivity contribution < 1.29 is 0 Å². The number of hydrogen-bond donors (Lipinski definition) is 0. The summed E-state index contributed by atoms with van der Waals surface area (Å²) < 4.78 is 0. The van der Waals surface area contributed by atoms with Crippen LogP contribution in [0.2, 0.25) is 0 Å². The van der Waals surface area contributed by atoms with E-state index < -0.39 is 0 Å². The highest BCUT2D eigenvalue weighted by Crippen LogP contribution is 2.63. The van der Waals surface area contributed by atoms with Crippen molar-refractivity contribution in [3.8, 4) is 55.6 Å². The lowest BCUT2D eigenvalue weighted by atomic mass is 9.67. The fourth-order valence-electron chi connectivity index (χ4n) is 19.9. The molecule has 4 aliphatic rings. The second-order valence-electron chi connectivity index (χ2n) is 37.9. The molecular formula is C133H128. The first-order valence-electron chi connectivity index (χ1n) is 47.2. The number of benzene rings is 19. The molecule has 660 valence electrons. The zero-order chi connectivity index (χ0) is 93.8. The molecule has 0 fully saturated rings. The van der Waals surface area contributed by atoms with Crippen LogP contribution in [0.25, 0.3) is 77.2 Å². The molecular weight excluding hydrogens is 1600 g/mol. The molecule has 0 amide bonds. The summed E-state index contributed by atoms with van der Waals surface area (Å²) in [6.45, 7) is 43.3. The summed E-state index contributed by atoms with van der Waals surface area (Å²) in [6.07, 6.45) is 0. The second kappa shape index (κ2) is 41.0. The summed E-state index contributed by atoms with van der Waals surface area (Å²) in [5.74, 6) is 0. The highest BCUT2D eigenvalue weighted by molar-refractivity contribution is 5.96. The quantitative estimate of drug-likeness (QED) is 0.165. The number of rotatable bonds is 3. The smallest absolute Gasteiger partial charge is 0.0622 e. The van der Waals surface area contributed by atoms with Gasteiger partial charge in [0.05, 0.1) is 10.8 Å². The molecule has 23 rings (SSSR count). The van der Waals surface area contributed by atoms with E-state index in [4.69, 9.17) is 0 Å². The van der Waals surface area contributed by atoms with Crippen LogP contribution in [-0.2, 0) is 16.2 Å². The van der Waals surface area contributed by atoms with Gasteiger partial charge in [-0.1, -0.05) is 493 Å². The summed E-state index contributed by atoms with van der Waals surface area (Å²) in [5, 5.41) is 5.49. The predicted octanol–water partition coefficient (Wildman–Crippen LogP) is 35.7. The van der Waals surface area contributed by atoms with Crippen LogP contribution in [0, 0.1) is 125 Å². The summed E-state index contributed by atoms with van der Waals surface area (Å²) in [5.41, 5.74) is 51.4. The SMILES string of the molecule is Cc1ccc(-c2ccc(C)cc2)cc1.Cc1ccc(C)c2ccccc12.Cc1ccc(C)cc1.Cc1ccc2c(c1)C(C)(C)c1cc(C)ccc1-2.Cc1ccc2c(c1)C(c1ccccc1)(c1ccccc1)c1cc(C)ccc1-2.Cc1ccc2c(c1)C1(c3ccccc3-c3ccccc31)c1cc(C)ccc1-2.Cc1cccc(C)c1.Cc1cccc2c(C)cccc12.Cc1ccccc1C. The Labute approximate surface area is 794 Å².